The van der Waals surface area contributed by atoms with E-state index in [4.69, 9.17) is 6.42 Å². The zero-order chi connectivity index (χ0) is 15.1. The molecule has 0 amide bonds. The molecule has 6 heteroatoms. The van der Waals surface area contributed by atoms with Crippen LogP contribution in [0.3, 0.4) is 0 Å². The van der Waals surface area contributed by atoms with Crippen molar-refractivity contribution in [2.75, 3.05) is 25.0 Å². The topological polar surface area (TPSA) is 50.2 Å². The van der Waals surface area contributed by atoms with E-state index >= 15 is 0 Å². The maximum atomic E-state index is 12.0. The van der Waals surface area contributed by atoms with Gasteiger partial charge in [0.05, 0.1) is 11.9 Å². The zero-order valence-corrected chi connectivity index (χ0v) is 13.8. The highest BCUT2D eigenvalue weighted by atomic mass is 79.9. The number of hydrogen-bond acceptors (Lipinski definition) is 4. The van der Waals surface area contributed by atoms with Crippen LogP contribution >= 0.6 is 15.9 Å². The molecular formula is C14H21BrN4O. The molecule has 0 aliphatic rings. The Bertz CT molecular complexity index is 531. The van der Waals surface area contributed by atoms with E-state index in [1.807, 2.05) is 0 Å². The van der Waals surface area contributed by atoms with Gasteiger partial charge < -0.3 is 10.2 Å². The fourth-order valence-electron chi connectivity index (χ4n) is 1.94. The second-order valence-corrected chi connectivity index (χ2v) is 5.36. The lowest BCUT2D eigenvalue weighted by atomic mass is 10.3. The van der Waals surface area contributed by atoms with E-state index in [-0.39, 0.29) is 18.1 Å². The van der Waals surface area contributed by atoms with Crippen LogP contribution in [-0.4, -0.2) is 40.4 Å². The van der Waals surface area contributed by atoms with E-state index in [0.717, 1.165) is 19.6 Å². The smallest absolute Gasteiger partial charge is 0.284 e. The van der Waals surface area contributed by atoms with E-state index in [1.54, 1.807) is 6.20 Å². The third-order valence-corrected chi connectivity index (χ3v) is 3.82. The van der Waals surface area contributed by atoms with Gasteiger partial charge in [0.15, 0.2) is 0 Å². The van der Waals surface area contributed by atoms with Crippen LogP contribution in [0.4, 0.5) is 5.69 Å². The van der Waals surface area contributed by atoms with Crippen molar-refractivity contribution >= 4 is 21.6 Å². The van der Waals surface area contributed by atoms with Crippen LogP contribution in [-0.2, 0) is 6.54 Å². The highest BCUT2D eigenvalue weighted by molar-refractivity contribution is 9.10. The predicted octanol–water partition coefficient (Wildman–Crippen LogP) is 1.78. The maximum Gasteiger partial charge on any atom is 0.284 e. The van der Waals surface area contributed by atoms with Gasteiger partial charge in [-0.3, -0.25) is 4.79 Å². The summed E-state index contributed by atoms with van der Waals surface area (Å²) in [5.41, 5.74) is 0.478. The number of likely N-dealkylation sites (N-methyl/N-ethyl adjacent to an activating group) is 1. The largest absolute Gasteiger partial charge is 0.379 e. The number of terminal acetylenes is 1. The lowest BCUT2D eigenvalue weighted by Gasteiger charge is -2.24. The van der Waals surface area contributed by atoms with Gasteiger partial charge in [0.1, 0.15) is 11.0 Å². The van der Waals surface area contributed by atoms with Crippen molar-refractivity contribution in [3.63, 3.8) is 0 Å². The van der Waals surface area contributed by atoms with Crippen molar-refractivity contribution in [1.29, 1.82) is 0 Å². The van der Waals surface area contributed by atoms with Crippen molar-refractivity contribution in [2.45, 2.75) is 33.4 Å². The monoisotopic (exact) mass is 340 g/mol. The standard InChI is InChI=1S/C14H21BrN4O/c1-5-8-19-14(20)13(15)12(9-16-19)17-11(4)10-18(6-2)7-3/h1,9,11,17H,6-8,10H2,2-4H3. The summed E-state index contributed by atoms with van der Waals surface area (Å²) in [7, 11) is 0. The molecule has 1 aromatic rings. The van der Waals surface area contributed by atoms with E-state index in [0.29, 0.717) is 10.2 Å². The van der Waals surface area contributed by atoms with Crippen LogP contribution in [0.2, 0.25) is 0 Å². The van der Waals surface area contributed by atoms with Gasteiger partial charge in [-0.1, -0.05) is 19.8 Å². The molecule has 0 spiro atoms. The summed E-state index contributed by atoms with van der Waals surface area (Å²) in [6.45, 7) is 9.44. The first-order valence-corrected chi connectivity index (χ1v) is 7.50. The first-order valence-electron chi connectivity index (χ1n) is 6.71. The maximum absolute atomic E-state index is 12.0. The van der Waals surface area contributed by atoms with Gasteiger partial charge in [0, 0.05) is 12.6 Å². The predicted molar refractivity (Wildman–Crippen MR) is 85.9 cm³/mol. The highest BCUT2D eigenvalue weighted by Gasteiger charge is 2.12. The Morgan fingerprint density at radius 1 is 1.55 bits per heavy atom. The number of rotatable bonds is 7. The molecular weight excluding hydrogens is 320 g/mol. The highest BCUT2D eigenvalue weighted by Crippen LogP contribution is 2.17. The molecule has 20 heavy (non-hydrogen) atoms. The summed E-state index contributed by atoms with van der Waals surface area (Å²) in [6, 6.07) is 0.218. The van der Waals surface area contributed by atoms with E-state index in [9.17, 15) is 4.79 Å². The van der Waals surface area contributed by atoms with Gasteiger partial charge >= 0.3 is 0 Å². The summed E-state index contributed by atoms with van der Waals surface area (Å²) >= 11 is 3.31. The molecule has 0 saturated carbocycles. The van der Waals surface area contributed by atoms with Crippen LogP contribution in [0.1, 0.15) is 20.8 Å². The molecule has 1 aromatic heterocycles. The van der Waals surface area contributed by atoms with Crippen LogP contribution in [0.5, 0.6) is 0 Å². The lowest BCUT2D eigenvalue weighted by Crippen LogP contribution is -2.35. The quantitative estimate of drug-likeness (QED) is 0.768. The SMILES string of the molecule is C#CCn1ncc(NC(C)CN(CC)CC)c(Br)c1=O. The molecule has 0 aromatic carbocycles. The first-order chi connectivity index (χ1) is 9.53. The minimum atomic E-state index is -0.219. The van der Waals surface area contributed by atoms with E-state index in [2.05, 4.69) is 57.9 Å². The zero-order valence-electron chi connectivity index (χ0n) is 12.2. The van der Waals surface area contributed by atoms with Gasteiger partial charge in [0.2, 0.25) is 0 Å². The van der Waals surface area contributed by atoms with Crippen LogP contribution in [0.25, 0.3) is 0 Å². The fraction of sp³-hybridized carbons (Fsp3) is 0.571. The fourth-order valence-corrected chi connectivity index (χ4v) is 2.37. The van der Waals surface area contributed by atoms with Crippen molar-refractivity contribution in [3.05, 3.63) is 21.0 Å². The molecule has 0 saturated heterocycles. The summed E-state index contributed by atoms with van der Waals surface area (Å²) in [6.07, 6.45) is 6.82. The Kier molecular flexibility index (Phi) is 6.76. The number of nitrogens with one attached hydrogen (secondary N) is 1. The van der Waals surface area contributed by atoms with E-state index in [1.165, 1.54) is 4.68 Å². The Hall–Kier alpha value is -1.32. The summed E-state index contributed by atoms with van der Waals surface area (Å²) in [5.74, 6) is 2.41. The number of halogens is 1. The summed E-state index contributed by atoms with van der Waals surface area (Å²) in [4.78, 5) is 14.3. The summed E-state index contributed by atoms with van der Waals surface area (Å²) < 4.78 is 1.72. The number of anilines is 1. The second-order valence-electron chi connectivity index (χ2n) is 4.57. The van der Waals surface area contributed by atoms with Gasteiger partial charge in [0.25, 0.3) is 5.56 Å². The molecule has 1 N–H and O–H groups in total. The molecule has 0 aliphatic carbocycles. The van der Waals surface area contributed by atoms with Gasteiger partial charge in [-0.25, -0.2) is 4.68 Å². The van der Waals surface area contributed by atoms with Gasteiger partial charge in [-0.05, 0) is 35.9 Å². The first kappa shape index (κ1) is 16.7. The Balaban J connectivity index is 2.81. The Morgan fingerprint density at radius 3 is 2.75 bits per heavy atom. The van der Waals surface area contributed by atoms with Crippen LogP contribution in [0.15, 0.2) is 15.5 Å². The molecule has 1 heterocycles. The molecule has 1 unspecified atom stereocenters. The third kappa shape index (κ3) is 4.36. The number of hydrogen-bond donors (Lipinski definition) is 1. The Labute approximate surface area is 128 Å². The minimum absolute atomic E-state index is 0.173. The molecule has 0 aliphatic heterocycles. The van der Waals surface area contributed by atoms with Gasteiger partial charge in [-0.15, -0.1) is 6.42 Å². The average Bonchev–Trinajstić information content (AvgIpc) is 2.44. The minimum Gasteiger partial charge on any atom is -0.379 e. The average molecular weight is 341 g/mol. The summed E-state index contributed by atoms with van der Waals surface area (Å²) in [5, 5.41) is 7.36. The van der Waals surface area contributed by atoms with Crippen LogP contribution in [0, 0.1) is 12.3 Å². The molecule has 1 rings (SSSR count). The lowest BCUT2D eigenvalue weighted by molar-refractivity contribution is 0.294. The van der Waals surface area contributed by atoms with Gasteiger partial charge in [-0.2, -0.15) is 5.10 Å². The van der Waals surface area contributed by atoms with Crippen molar-refractivity contribution in [2.24, 2.45) is 0 Å². The Morgan fingerprint density at radius 2 is 2.20 bits per heavy atom. The van der Waals surface area contributed by atoms with Crippen molar-refractivity contribution < 1.29 is 0 Å². The van der Waals surface area contributed by atoms with Crippen molar-refractivity contribution in [1.82, 2.24) is 14.7 Å². The third-order valence-electron chi connectivity index (χ3n) is 3.05. The number of nitrogens with zero attached hydrogens (tertiary/aromatic N) is 3. The second kappa shape index (κ2) is 8.08. The molecule has 5 nitrogen and oxygen atoms in total. The molecule has 1 atom stereocenters. The van der Waals surface area contributed by atoms with E-state index < -0.39 is 0 Å². The molecule has 0 radical (unpaired) electrons. The molecule has 0 fully saturated rings. The number of aromatic nitrogens is 2. The molecule has 0 bridgehead atoms. The normalized spacial score (nSPS) is 12.2. The molecule has 110 valence electrons. The van der Waals surface area contributed by atoms with Crippen molar-refractivity contribution in [3.8, 4) is 12.3 Å². The van der Waals surface area contributed by atoms with Crippen LogP contribution < -0.4 is 10.9 Å².